The summed E-state index contributed by atoms with van der Waals surface area (Å²) in [6.07, 6.45) is 12.0. The molecule has 0 saturated heterocycles. The molecule has 4 fully saturated rings. The van der Waals surface area contributed by atoms with Gasteiger partial charge >= 0.3 is 11.9 Å². The number of allylic oxidation sites excluding steroid dienone is 2. The van der Waals surface area contributed by atoms with Crippen molar-refractivity contribution in [2.24, 2.45) is 56.7 Å². The van der Waals surface area contributed by atoms with E-state index >= 15 is 0 Å². The maximum absolute atomic E-state index is 12.9. The third-order valence-corrected chi connectivity index (χ3v) is 13.8. The maximum atomic E-state index is 12.9. The average molecular weight is 499 g/mol. The maximum Gasteiger partial charge on any atom is 0.313 e. The van der Waals surface area contributed by atoms with Crippen molar-refractivity contribution in [3.05, 3.63) is 11.6 Å². The van der Waals surface area contributed by atoms with E-state index in [0.717, 1.165) is 37.5 Å². The molecule has 0 bridgehead atoms. The Labute approximate surface area is 219 Å². The van der Waals surface area contributed by atoms with Gasteiger partial charge in [0.05, 0.1) is 0 Å². The number of hydrogen-bond donors (Lipinski definition) is 1. The molecule has 1 N–H and O–H groups in total. The number of esters is 1. The number of carbonyl (C=O) groups excluding carboxylic acids is 1. The fourth-order valence-corrected chi connectivity index (χ4v) is 11.2. The molecule has 0 radical (unpaired) electrons. The summed E-state index contributed by atoms with van der Waals surface area (Å²) in [6, 6.07) is 0. The van der Waals surface area contributed by atoms with E-state index < -0.39 is 17.5 Å². The number of ether oxygens (including phenoxy) is 1. The fraction of sp³-hybridized carbons (Fsp3) is 0.875. The van der Waals surface area contributed by atoms with Crippen molar-refractivity contribution < 1.29 is 19.4 Å². The van der Waals surface area contributed by atoms with Crippen molar-refractivity contribution in [2.45, 2.75) is 119 Å². The van der Waals surface area contributed by atoms with Gasteiger partial charge in [0.1, 0.15) is 11.5 Å². The topological polar surface area (TPSA) is 63.6 Å². The lowest BCUT2D eigenvalue weighted by atomic mass is 9.33. The Morgan fingerprint density at radius 2 is 1.61 bits per heavy atom. The van der Waals surface area contributed by atoms with Gasteiger partial charge in [-0.15, -0.1) is 0 Å². The number of aliphatic carboxylic acids is 1. The van der Waals surface area contributed by atoms with E-state index in [0.29, 0.717) is 23.7 Å². The zero-order chi connectivity index (χ0) is 26.5. The Bertz CT molecular complexity index is 985. The predicted molar refractivity (Wildman–Crippen MR) is 142 cm³/mol. The molecule has 0 spiro atoms. The molecule has 0 aromatic carbocycles. The van der Waals surface area contributed by atoms with Crippen LogP contribution in [0.1, 0.15) is 113 Å². The van der Waals surface area contributed by atoms with Crippen LogP contribution in [0.15, 0.2) is 11.6 Å². The van der Waals surface area contributed by atoms with E-state index in [1.54, 1.807) is 5.57 Å². The summed E-state index contributed by atoms with van der Waals surface area (Å²) in [5.74, 6) is 1.47. The summed E-state index contributed by atoms with van der Waals surface area (Å²) >= 11 is 0. The standard InChI is InChI=1S/C32H50O4/c1-19-11-14-28(4)17-18-30(6)22(26(28)20(19)2)9-10-23-29(5)15-13-25(36-21(3)33)32(8,27(34)35)24(29)12-16-31(23,30)7/h9,19-20,23-26H,10-18H2,1-8H3,(H,34,35)/t19-,20+,23-,24+,25-,26-,28+,29+,30+,31-,32-/m0/s1. The number of hydrogen-bond acceptors (Lipinski definition) is 3. The number of fused-ring (bicyclic) bond motifs is 7. The molecule has 4 heteroatoms. The number of carboxylic acid groups (broad SMARTS) is 1. The predicted octanol–water partition coefficient (Wildman–Crippen LogP) is 7.66. The Morgan fingerprint density at radius 3 is 2.25 bits per heavy atom. The molecule has 5 aliphatic rings. The lowest BCUT2D eigenvalue weighted by Crippen LogP contribution is -2.66. The van der Waals surface area contributed by atoms with Crippen LogP contribution < -0.4 is 0 Å². The second-order valence-electron chi connectivity index (χ2n) is 15.0. The molecule has 0 aromatic heterocycles. The van der Waals surface area contributed by atoms with Crippen LogP contribution >= 0.6 is 0 Å². The minimum absolute atomic E-state index is 0.0136. The molecule has 0 unspecified atom stereocenters. The second kappa shape index (κ2) is 8.09. The molecule has 11 atom stereocenters. The zero-order valence-electron chi connectivity index (χ0n) is 24.1. The number of rotatable bonds is 2. The monoisotopic (exact) mass is 498 g/mol. The molecule has 0 aliphatic heterocycles. The van der Waals surface area contributed by atoms with Crippen molar-refractivity contribution >= 4 is 11.9 Å². The van der Waals surface area contributed by atoms with Crippen molar-refractivity contribution in [1.29, 1.82) is 0 Å². The number of carboxylic acids is 1. The van der Waals surface area contributed by atoms with Gasteiger partial charge in [0.2, 0.25) is 0 Å². The van der Waals surface area contributed by atoms with Gasteiger partial charge in [0.25, 0.3) is 0 Å². The highest BCUT2D eigenvalue weighted by atomic mass is 16.5. The van der Waals surface area contributed by atoms with Crippen LogP contribution in [-0.2, 0) is 14.3 Å². The van der Waals surface area contributed by atoms with Gasteiger partial charge in [0, 0.05) is 6.92 Å². The van der Waals surface area contributed by atoms with E-state index in [9.17, 15) is 14.7 Å². The highest BCUT2D eigenvalue weighted by molar-refractivity contribution is 5.77. The van der Waals surface area contributed by atoms with E-state index in [1.165, 1.54) is 32.6 Å². The van der Waals surface area contributed by atoms with Crippen molar-refractivity contribution in [2.75, 3.05) is 0 Å². The smallest absolute Gasteiger partial charge is 0.313 e. The van der Waals surface area contributed by atoms with E-state index in [1.807, 2.05) is 6.92 Å². The largest absolute Gasteiger partial charge is 0.481 e. The summed E-state index contributed by atoms with van der Waals surface area (Å²) in [7, 11) is 0. The van der Waals surface area contributed by atoms with E-state index in [4.69, 9.17) is 4.74 Å². The molecular formula is C32H50O4. The van der Waals surface area contributed by atoms with Crippen LogP contribution in [0, 0.1) is 56.7 Å². The van der Waals surface area contributed by atoms with Crippen molar-refractivity contribution in [3.8, 4) is 0 Å². The number of carbonyl (C=O) groups is 2. The summed E-state index contributed by atoms with van der Waals surface area (Å²) in [4.78, 5) is 24.8. The molecule has 4 nitrogen and oxygen atoms in total. The van der Waals surface area contributed by atoms with Gasteiger partial charge in [-0.05, 0) is 116 Å². The highest BCUT2D eigenvalue weighted by Gasteiger charge is 2.70. The summed E-state index contributed by atoms with van der Waals surface area (Å²) in [5.41, 5.74) is 1.40. The first-order valence-corrected chi connectivity index (χ1v) is 14.8. The van der Waals surface area contributed by atoms with Crippen LogP contribution in [0.5, 0.6) is 0 Å². The molecule has 4 saturated carbocycles. The molecule has 5 aliphatic carbocycles. The average Bonchev–Trinajstić information content (AvgIpc) is 2.79. The molecule has 5 rings (SSSR count). The minimum Gasteiger partial charge on any atom is -0.481 e. The summed E-state index contributed by atoms with van der Waals surface area (Å²) < 4.78 is 5.69. The normalized spacial score (nSPS) is 54.2. The van der Waals surface area contributed by atoms with E-state index in [2.05, 4.69) is 47.6 Å². The Balaban J connectivity index is 1.57. The Hall–Kier alpha value is -1.32. The van der Waals surface area contributed by atoms with Gasteiger partial charge < -0.3 is 9.84 Å². The first-order valence-electron chi connectivity index (χ1n) is 14.8. The van der Waals surface area contributed by atoms with Gasteiger partial charge in [0.15, 0.2) is 0 Å². The quantitative estimate of drug-likeness (QED) is 0.313. The lowest BCUT2D eigenvalue weighted by Gasteiger charge is -2.71. The first-order chi connectivity index (χ1) is 16.6. The van der Waals surface area contributed by atoms with Crippen LogP contribution in [0.25, 0.3) is 0 Å². The van der Waals surface area contributed by atoms with Crippen LogP contribution in [0.3, 0.4) is 0 Å². The van der Waals surface area contributed by atoms with Gasteiger partial charge in [-0.1, -0.05) is 53.2 Å². The minimum atomic E-state index is -1.04. The third kappa shape index (κ3) is 3.17. The molecule has 36 heavy (non-hydrogen) atoms. The van der Waals surface area contributed by atoms with Crippen LogP contribution in [0.2, 0.25) is 0 Å². The summed E-state index contributed by atoms with van der Waals surface area (Å²) in [5, 5.41) is 10.5. The van der Waals surface area contributed by atoms with E-state index in [-0.39, 0.29) is 28.1 Å². The molecule has 202 valence electrons. The second-order valence-corrected chi connectivity index (χ2v) is 15.0. The molecular weight excluding hydrogens is 448 g/mol. The fourth-order valence-electron chi connectivity index (χ4n) is 11.2. The van der Waals surface area contributed by atoms with Crippen LogP contribution in [0.4, 0.5) is 0 Å². The van der Waals surface area contributed by atoms with Gasteiger partial charge in [-0.25, -0.2) is 0 Å². The highest BCUT2D eigenvalue weighted by Crippen LogP contribution is 2.75. The molecule has 0 aromatic rings. The zero-order valence-corrected chi connectivity index (χ0v) is 24.1. The first kappa shape index (κ1) is 26.3. The SMILES string of the molecule is CC(=O)O[C@H]1CC[C@@]2(C)[C@@H](CC[C@@]3(C)[C@H]2CC=C2[C@@H]4[C@H](C)[C@@H](C)CC[C@]4(C)CC[C@]23C)[C@]1(C)C(=O)O. The van der Waals surface area contributed by atoms with Crippen molar-refractivity contribution in [3.63, 3.8) is 0 Å². The third-order valence-electron chi connectivity index (χ3n) is 13.8. The Morgan fingerprint density at radius 1 is 0.917 bits per heavy atom. The molecule has 0 amide bonds. The Kier molecular flexibility index (Phi) is 5.91. The van der Waals surface area contributed by atoms with Crippen molar-refractivity contribution in [1.82, 2.24) is 0 Å². The van der Waals surface area contributed by atoms with Crippen LogP contribution in [-0.4, -0.2) is 23.1 Å². The van der Waals surface area contributed by atoms with Gasteiger partial charge in [-0.2, -0.15) is 0 Å². The summed E-state index contributed by atoms with van der Waals surface area (Å²) in [6.45, 7) is 18.4. The lowest BCUT2D eigenvalue weighted by molar-refractivity contribution is -0.223. The molecule has 0 heterocycles. The van der Waals surface area contributed by atoms with Gasteiger partial charge in [-0.3, -0.25) is 9.59 Å².